The van der Waals surface area contributed by atoms with Crippen molar-refractivity contribution in [1.82, 2.24) is 0 Å². The molecule has 0 rings (SSSR count). The van der Waals surface area contributed by atoms with Crippen LogP contribution in [0.15, 0.2) is 35.5 Å². The molecular weight excluding hydrogens is 655 g/mol. The van der Waals surface area contributed by atoms with Crippen molar-refractivity contribution in [3.05, 3.63) is 35.5 Å². The Morgan fingerprint density at radius 3 is 0.550 bits per heavy atom. The molecule has 0 atom stereocenters. The number of aliphatic hydroxyl groups is 3. The number of aliphatic hydroxyl groups excluding tert-OH is 3. The van der Waals surface area contributed by atoms with E-state index in [0.717, 1.165) is 0 Å². The number of allylic oxidation sites excluding steroid dienone is 6. The minimum absolute atomic E-state index is 0. The maximum Gasteiger partial charge on any atom is 0.164 e. The van der Waals surface area contributed by atoms with Crippen LogP contribution in [0.4, 0.5) is 0 Å². The van der Waals surface area contributed by atoms with Crippen molar-refractivity contribution in [3.63, 3.8) is 0 Å². The summed E-state index contributed by atoms with van der Waals surface area (Å²) in [6.45, 7) is 33.3. The molecule has 0 fully saturated rings. The molecule has 238 valence electrons. The fourth-order valence-electron chi connectivity index (χ4n) is 1.67. The summed E-state index contributed by atoms with van der Waals surface area (Å²) in [4.78, 5) is 34.5. The van der Waals surface area contributed by atoms with Crippen LogP contribution in [0.1, 0.15) is 125 Å². The maximum atomic E-state index is 11.5. The van der Waals surface area contributed by atoms with Crippen LogP contribution in [0, 0.1) is 70.7 Å². The standard InChI is InChI=1S/3C11H20O2.Dy/c3*1-10(2,3)8(12)7-9(13)11(4,5)6;/h3*7,12H,1-6H3;/b3*8-7+;. The van der Waals surface area contributed by atoms with E-state index in [4.69, 9.17) is 0 Å². The number of hydrogen-bond donors (Lipinski definition) is 3. The van der Waals surface area contributed by atoms with Crippen molar-refractivity contribution >= 4 is 17.3 Å². The third-order valence-corrected chi connectivity index (χ3v) is 5.33. The van der Waals surface area contributed by atoms with Gasteiger partial charge in [0, 0.05) is 88.9 Å². The second-order valence-corrected chi connectivity index (χ2v) is 16.2. The third kappa shape index (κ3) is 21.6. The minimum Gasteiger partial charge on any atom is -0.512 e. The average Bonchev–Trinajstić information content (AvgIpc) is 2.64. The number of hydrogen-bond acceptors (Lipinski definition) is 6. The summed E-state index contributed by atoms with van der Waals surface area (Å²) in [7, 11) is 0. The van der Waals surface area contributed by atoms with E-state index in [2.05, 4.69) is 0 Å². The molecule has 0 unspecified atom stereocenters. The number of carbonyl (C=O) groups is 3. The molecule has 3 N–H and O–H groups in total. The van der Waals surface area contributed by atoms with E-state index in [1.807, 2.05) is 125 Å². The quantitative estimate of drug-likeness (QED) is 0.199. The van der Waals surface area contributed by atoms with E-state index < -0.39 is 16.2 Å². The molecule has 0 spiro atoms. The summed E-state index contributed by atoms with van der Waals surface area (Å²) in [5.74, 6) is 0.312. The monoisotopic (exact) mass is 716 g/mol. The molecule has 0 radical (unpaired) electrons. The van der Waals surface area contributed by atoms with Crippen molar-refractivity contribution in [2.75, 3.05) is 0 Å². The molecule has 0 amide bonds. The molecule has 40 heavy (non-hydrogen) atoms. The summed E-state index contributed by atoms with van der Waals surface area (Å²) in [6.07, 6.45) is 4.00. The summed E-state index contributed by atoms with van der Waals surface area (Å²) in [6, 6.07) is 0. The van der Waals surface area contributed by atoms with Gasteiger partial charge in [0.1, 0.15) is 17.3 Å². The molecule has 0 aromatic heterocycles. The van der Waals surface area contributed by atoms with Crippen molar-refractivity contribution in [2.45, 2.75) is 125 Å². The zero-order valence-corrected chi connectivity index (χ0v) is 30.6. The first kappa shape index (κ1) is 45.9. The molecular formula is C33H60DyO6. The Hall–Kier alpha value is -1.10. The van der Waals surface area contributed by atoms with E-state index in [9.17, 15) is 29.7 Å². The van der Waals surface area contributed by atoms with Crippen LogP contribution in [0.5, 0.6) is 0 Å². The summed E-state index contributed by atoms with van der Waals surface area (Å²) in [5.41, 5.74) is -2.29. The first-order valence-corrected chi connectivity index (χ1v) is 13.5. The van der Waals surface area contributed by atoms with Gasteiger partial charge in [-0.3, -0.25) is 14.4 Å². The Labute approximate surface area is 276 Å². The smallest absolute Gasteiger partial charge is 0.164 e. The zero-order valence-electron chi connectivity index (χ0n) is 28.6. The van der Waals surface area contributed by atoms with Crippen molar-refractivity contribution in [3.8, 4) is 0 Å². The maximum absolute atomic E-state index is 11.5. The molecule has 0 aliphatic rings. The van der Waals surface area contributed by atoms with E-state index in [-0.39, 0.29) is 89.0 Å². The number of carbonyl (C=O) groups excluding carboxylic acids is 3. The van der Waals surface area contributed by atoms with Gasteiger partial charge < -0.3 is 15.3 Å². The molecule has 6 nitrogen and oxygen atoms in total. The van der Waals surface area contributed by atoms with E-state index in [0.29, 0.717) is 0 Å². The van der Waals surface area contributed by atoms with Crippen molar-refractivity contribution in [1.29, 1.82) is 0 Å². The van der Waals surface area contributed by atoms with Gasteiger partial charge in [-0.1, -0.05) is 125 Å². The molecule has 0 saturated heterocycles. The molecule has 0 aliphatic heterocycles. The summed E-state index contributed by atoms with van der Waals surface area (Å²) in [5, 5.41) is 28.7. The largest absolute Gasteiger partial charge is 0.512 e. The molecule has 0 aromatic rings. The fourth-order valence-corrected chi connectivity index (χ4v) is 1.67. The molecule has 7 heteroatoms. The predicted octanol–water partition coefficient (Wildman–Crippen LogP) is 9.27. The molecule has 0 aliphatic carbocycles. The first-order valence-electron chi connectivity index (χ1n) is 13.5. The van der Waals surface area contributed by atoms with E-state index in [1.54, 1.807) is 0 Å². The number of ketones is 3. The van der Waals surface area contributed by atoms with Crippen LogP contribution < -0.4 is 0 Å². The average molecular weight is 715 g/mol. The van der Waals surface area contributed by atoms with Crippen LogP contribution in [-0.4, -0.2) is 32.7 Å². The summed E-state index contributed by atoms with van der Waals surface area (Å²) >= 11 is 0. The first-order chi connectivity index (χ1) is 16.6. The van der Waals surface area contributed by atoms with Crippen LogP contribution in [-0.2, 0) is 14.4 Å². The molecule has 0 heterocycles. The van der Waals surface area contributed by atoms with Gasteiger partial charge in [0.25, 0.3) is 0 Å². The van der Waals surface area contributed by atoms with Gasteiger partial charge in [-0.05, 0) is 0 Å². The number of rotatable bonds is 3. The Kier molecular flexibility index (Phi) is 18.9. The van der Waals surface area contributed by atoms with Gasteiger partial charge in [-0.25, -0.2) is 0 Å². The predicted molar refractivity (Wildman–Crippen MR) is 164 cm³/mol. The van der Waals surface area contributed by atoms with Crippen LogP contribution >= 0.6 is 0 Å². The van der Waals surface area contributed by atoms with Crippen molar-refractivity contribution in [2.24, 2.45) is 32.5 Å². The van der Waals surface area contributed by atoms with Gasteiger partial charge in [0.15, 0.2) is 17.3 Å². The van der Waals surface area contributed by atoms with Crippen LogP contribution in [0.3, 0.4) is 0 Å². The van der Waals surface area contributed by atoms with Gasteiger partial charge in [-0.2, -0.15) is 0 Å². The fraction of sp³-hybridized carbons (Fsp3) is 0.727. The Bertz CT molecular complexity index is 801. The van der Waals surface area contributed by atoms with Gasteiger partial charge in [0.2, 0.25) is 0 Å². The van der Waals surface area contributed by atoms with Gasteiger partial charge in [-0.15, -0.1) is 0 Å². The normalized spacial score (nSPS) is 14.1. The summed E-state index contributed by atoms with van der Waals surface area (Å²) < 4.78 is 0. The van der Waals surface area contributed by atoms with Crippen LogP contribution in [0.2, 0.25) is 0 Å². The Morgan fingerprint density at radius 2 is 0.475 bits per heavy atom. The molecule has 0 saturated carbocycles. The van der Waals surface area contributed by atoms with E-state index in [1.165, 1.54) is 18.2 Å². The second-order valence-electron chi connectivity index (χ2n) is 16.2. The topological polar surface area (TPSA) is 112 Å². The Morgan fingerprint density at radius 1 is 0.350 bits per heavy atom. The zero-order chi connectivity index (χ0) is 32.6. The second kappa shape index (κ2) is 16.5. The van der Waals surface area contributed by atoms with Gasteiger partial charge in [0.05, 0.1) is 0 Å². The van der Waals surface area contributed by atoms with E-state index >= 15 is 0 Å². The van der Waals surface area contributed by atoms with Crippen molar-refractivity contribution < 1.29 is 67.9 Å². The molecule has 0 aromatic carbocycles. The minimum atomic E-state index is -0.417. The van der Waals surface area contributed by atoms with Gasteiger partial charge >= 0.3 is 0 Å². The van der Waals surface area contributed by atoms with Crippen LogP contribution in [0.25, 0.3) is 0 Å². The molecule has 0 bridgehead atoms. The third-order valence-electron chi connectivity index (χ3n) is 5.33. The SMILES string of the molecule is CC(C)(C)C(=O)/C=C(/O)C(C)(C)C.CC(C)(C)C(=O)/C=C(/O)C(C)(C)C.CC(C)(C)C(=O)/C=C(/O)C(C)(C)C.[Dy]. The Balaban J connectivity index is -0.000000240.